The molecular formula is C22H21FN2O3S. The largest absolute Gasteiger partial charge is 0.456 e. The second-order valence-corrected chi connectivity index (χ2v) is 7.65. The molecule has 1 amide bonds. The molecule has 0 aliphatic rings. The summed E-state index contributed by atoms with van der Waals surface area (Å²) < 4.78 is 18.5. The van der Waals surface area contributed by atoms with Gasteiger partial charge in [0.25, 0.3) is 0 Å². The molecule has 0 aliphatic carbocycles. The summed E-state index contributed by atoms with van der Waals surface area (Å²) >= 11 is 1.30. The standard InChI is InChI=1S/C22H21FN2O3S/c1-13-8-14(2)20(15(3)9-13)25(16(4)26)22-24-19(12-29-22)11-28-21(27)17-6-5-7-18(23)10-17/h5-10,12H,11H2,1-4H3. The van der Waals surface area contributed by atoms with Crippen LogP contribution in [0.25, 0.3) is 0 Å². The Hall–Kier alpha value is -3.06. The summed E-state index contributed by atoms with van der Waals surface area (Å²) in [5.74, 6) is -1.29. The van der Waals surface area contributed by atoms with Gasteiger partial charge in [0, 0.05) is 12.3 Å². The van der Waals surface area contributed by atoms with Crippen LogP contribution in [0.15, 0.2) is 41.8 Å². The number of halogens is 1. The predicted octanol–water partition coefficient (Wildman–Crippen LogP) is 5.25. The van der Waals surface area contributed by atoms with Gasteiger partial charge in [0.2, 0.25) is 5.91 Å². The number of anilines is 2. The van der Waals surface area contributed by atoms with Crippen LogP contribution in [0.1, 0.15) is 39.7 Å². The van der Waals surface area contributed by atoms with Crippen LogP contribution >= 0.6 is 11.3 Å². The third-order valence-corrected chi connectivity index (χ3v) is 5.19. The average Bonchev–Trinajstić information content (AvgIpc) is 3.10. The Morgan fingerprint density at radius 1 is 1.14 bits per heavy atom. The van der Waals surface area contributed by atoms with Crippen molar-refractivity contribution in [3.63, 3.8) is 0 Å². The van der Waals surface area contributed by atoms with Crippen molar-refractivity contribution in [1.82, 2.24) is 4.98 Å². The topological polar surface area (TPSA) is 59.5 Å². The molecule has 3 rings (SSSR count). The maximum Gasteiger partial charge on any atom is 0.338 e. The van der Waals surface area contributed by atoms with Gasteiger partial charge in [-0.2, -0.15) is 0 Å². The number of aromatic nitrogens is 1. The molecule has 0 aliphatic heterocycles. The second-order valence-electron chi connectivity index (χ2n) is 6.81. The number of thiazole rings is 1. The molecule has 1 aromatic heterocycles. The normalized spacial score (nSPS) is 10.7. The van der Waals surface area contributed by atoms with E-state index in [4.69, 9.17) is 4.74 Å². The number of benzene rings is 2. The first-order chi connectivity index (χ1) is 13.8. The monoisotopic (exact) mass is 412 g/mol. The zero-order chi connectivity index (χ0) is 21.1. The van der Waals surface area contributed by atoms with Crippen molar-refractivity contribution in [2.45, 2.75) is 34.3 Å². The van der Waals surface area contributed by atoms with E-state index in [9.17, 15) is 14.0 Å². The maximum atomic E-state index is 13.3. The number of esters is 1. The summed E-state index contributed by atoms with van der Waals surface area (Å²) in [6.45, 7) is 7.35. The van der Waals surface area contributed by atoms with Gasteiger partial charge < -0.3 is 4.74 Å². The molecule has 0 fully saturated rings. The fraction of sp³-hybridized carbons (Fsp3) is 0.227. The van der Waals surface area contributed by atoms with Gasteiger partial charge in [-0.1, -0.05) is 23.8 Å². The molecule has 3 aromatic rings. The molecule has 2 aromatic carbocycles. The molecule has 29 heavy (non-hydrogen) atoms. The van der Waals surface area contributed by atoms with Gasteiger partial charge in [-0.15, -0.1) is 11.3 Å². The van der Waals surface area contributed by atoms with Crippen molar-refractivity contribution < 1.29 is 18.7 Å². The van der Waals surface area contributed by atoms with E-state index in [2.05, 4.69) is 4.98 Å². The van der Waals surface area contributed by atoms with E-state index in [1.165, 1.54) is 36.5 Å². The van der Waals surface area contributed by atoms with E-state index in [0.29, 0.717) is 10.8 Å². The Labute approximate surface area is 172 Å². The summed E-state index contributed by atoms with van der Waals surface area (Å²) in [5.41, 5.74) is 4.54. The number of hydrogen-bond donors (Lipinski definition) is 0. The molecule has 0 N–H and O–H groups in total. The van der Waals surface area contributed by atoms with E-state index in [1.807, 2.05) is 32.9 Å². The highest BCUT2D eigenvalue weighted by Crippen LogP contribution is 2.34. The fourth-order valence-electron chi connectivity index (χ4n) is 3.22. The van der Waals surface area contributed by atoms with Gasteiger partial charge >= 0.3 is 5.97 Å². The van der Waals surface area contributed by atoms with Crippen LogP contribution in [-0.2, 0) is 16.1 Å². The average molecular weight is 412 g/mol. The van der Waals surface area contributed by atoms with Crippen LogP contribution in [-0.4, -0.2) is 16.9 Å². The second kappa shape index (κ2) is 8.53. The molecule has 1 heterocycles. The molecule has 150 valence electrons. The van der Waals surface area contributed by atoms with Crippen LogP contribution in [0.2, 0.25) is 0 Å². The molecule has 0 radical (unpaired) electrons. The van der Waals surface area contributed by atoms with Crippen molar-refractivity contribution in [1.29, 1.82) is 0 Å². The van der Waals surface area contributed by atoms with Crippen LogP contribution in [0.3, 0.4) is 0 Å². The molecular weight excluding hydrogens is 391 g/mol. The molecule has 0 atom stereocenters. The maximum absolute atomic E-state index is 13.3. The Balaban J connectivity index is 1.80. The van der Waals surface area contributed by atoms with Crippen LogP contribution < -0.4 is 4.90 Å². The SMILES string of the molecule is CC(=O)N(c1nc(COC(=O)c2cccc(F)c2)cs1)c1c(C)cc(C)cc1C. The van der Waals surface area contributed by atoms with E-state index in [0.717, 1.165) is 28.4 Å². The van der Waals surface area contributed by atoms with Crippen LogP contribution in [0, 0.1) is 26.6 Å². The summed E-state index contributed by atoms with van der Waals surface area (Å²) in [5, 5.41) is 2.24. The van der Waals surface area contributed by atoms with Crippen LogP contribution in [0.4, 0.5) is 15.2 Å². The number of carbonyl (C=O) groups excluding carboxylic acids is 2. The molecule has 7 heteroatoms. The highest BCUT2D eigenvalue weighted by Gasteiger charge is 2.22. The highest BCUT2D eigenvalue weighted by molar-refractivity contribution is 7.14. The zero-order valence-corrected chi connectivity index (χ0v) is 17.5. The third-order valence-electron chi connectivity index (χ3n) is 4.32. The van der Waals surface area contributed by atoms with E-state index in [1.54, 1.807) is 10.3 Å². The quantitative estimate of drug-likeness (QED) is 0.537. The molecule has 0 saturated carbocycles. The lowest BCUT2D eigenvalue weighted by Gasteiger charge is -2.23. The number of amides is 1. The lowest BCUT2D eigenvalue weighted by molar-refractivity contribution is -0.115. The van der Waals surface area contributed by atoms with Gasteiger partial charge in [0.1, 0.15) is 12.4 Å². The molecule has 0 unspecified atom stereocenters. The molecule has 0 bridgehead atoms. The number of aryl methyl sites for hydroxylation is 3. The number of ether oxygens (including phenoxy) is 1. The minimum atomic E-state index is -0.632. The Morgan fingerprint density at radius 2 is 1.83 bits per heavy atom. The van der Waals surface area contributed by atoms with Crippen molar-refractivity contribution in [3.05, 3.63) is 75.5 Å². The number of nitrogens with zero attached hydrogens (tertiary/aromatic N) is 2. The van der Waals surface area contributed by atoms with E-state index >= 15 is 0 Å². The van der Waals surface area contributed by atoms with Crippen molar-refractivity contribution in [2.24, 2.45) is 0 Å². The molecule has 0 spiro atoms. The summed E-state index contributed by atoms with van der Waals surface area (Å²) in [4.78, 5) is 30.5. The number of hydrogen-bond acceptors (Lipinski definition) is 5. The molecule has 5 nitrogen and oxygen atoms in total. The van der Waals surface area contributed by atoms with E-state index < -0.39 is 11.8 Å². The summed E-state index contributed by atoms with van der Waals surface area (Å²) in [7, 11) is 0. The van der Waals surface area contributed by atoms with Crippen LogP contribution in [0.5, 0.6) is 0 Å². The summed E-state index contributed by atoms with van der Waals surface area (Å²) in [6, 6.07) is 9.35. The smallest absolute Gasteiger partial charge is 0.338 e. The molecule has 0 saturated heterocycles. The lowest BCUT2D eigenvalue weighted by Crippen LogP contribution is -2.24. The number of rotatable bonds is 5. The fourth-order valence-corrected chi connectivity index (χ4v) is 4.07. The van der Waals surface area contributed by atoms with Crippen molar-refractivity contribution in [2.75, 3.05) is 4.90 Å². The van der Waals surface area contributed by atoms with Crippen molar-refractivity contribution in [3.8, 4) is 0 Å². The Morgan fingerprint density at radius 3 is 2.45 bits per heavy atom. The van der Waals surface area contributed by atoms with Gasteiger partial charge in [-0.05, 0) is 50.1 Å². The predicted molar refractivity (Wildman–Crippen MR) is 111 cm³/mol. The van der Waals surface area contributed by atoms with Gasteiger partial charge in [-0.3, -0.25) is 9.69 Å². The minimum Gasteiger partial charge on any atom is -0.456 e. The van der Waals surface area contributed by atoms with Crippen molar-refractivity contribution >= 4 is 34.0 Å². The zero-order valence-electron chi connectivity index (χ0n) is 16.7. The first kappa shape index (κ1) is 20.7. The first-order valence-electron chi connectivity index (χ1n) is 9.02. The Bertz CT molecular complexity index is 1050. The third kappa shape index (κ3) is 4.68. The summed E-state index contributed by atoms with van der Waals surface area (Å²) in [6.07, 6.45) is 0. The van der Waals surface area contributed by atoms with Gasteiger partial charge in [-0.25, -0.2) is 14.2 Å². The Kier molecular flexibility index (Phi) is 6.08. The highest BCUT2D eigenvalue weighted by atomic mass is 32.1. The first-order valence-corrected chi connectivity index (χ1v) is 9.90. The van der Waals surface area contributed by atoms with Gasteiger partial charge in [0.15, 0.2) is 5.13 Å². The van der Waals surface area contributed by atoms with Gasteiger partial charge in [0.05, 0.1) is 16.9 Å². The van der Waals surface area contributed by atoms with E-state index in [-0.39, 0.29) is 18.1 Å². The minimum absolute atomic E-state index is 0.0660. The number of carbonyl (C=O) groups is 2. The lowest BCUT2D eigenvalue weighted by atomic mass is 10.0.